The van der Waals surface area contributed by atoms with Crippen molar-refractivity contribution in [3.8, 4) is 5.75 Å². The van der Waals surface area contributed by atoms with E-state index in [0.29, 0.717) is 26.4 Å². The second kappa shape index (κ2) is 6.68. The Kier molecular flexibility index (Phi) is 4.92. The molecule has 0 aromatic carbocycles. The Hall–Kier alpha value is -1.17. The van der Waals surface area contributed by atoms with E-state index in [1.165, 1.54) is 0 Å². The molecule has 0 saturated carbocycles. The molecular formula is C13H20N2O3. The van der Waals surface area contributed by atoms with E-state index in [1.54, 1.807) is 6.20 Å². The number of aromatic nitrogens is 1. The molecule has 2 heterocycles. The highest BCUT2D eigenvalue weighted by Crippen LogP contribution is 2.23. The quantitative estimate of drug-likeness (QED) is 0.852. The molecule has 100 valence electrons. The van der Waals surface area contributed by atoms with Crippen LogP contribution in [0.15, 0.2) is 18.5 Å². The van der Waals surface area contributed by atoms with Gasteiger partial charge in [0, 0.05) is 6.20 Å². The van der Waals surface area contributed by atoms with E-state index in [-0.39, 0.29) is 12.1 Å². The Morgan fingerprint density at radius 3 is 3.06 bits per heavy atom. The van der Waals surface area contributed by atoms with Gasteiger partial charge in [-0.05, 0) is 25.6 Å². The van der Waals surface area contributed by atoms with Gasteiger partial charge in [-0.25, -0.2) is 0 Å². The van der Waals surface area contributed by atoms with Gasteiger partial charge in [-0.2, -0.15) is 0 Å². The Morgan fingerprint density at radius 2 is 2.39 bits per heavy atom. The van der Waals surface area contributed by atoms with Gasteiger partial charge >= 0.3 is 0 Å². The summed E-state index contributed by atoms with van der Waals surface area (Å²) in [6.45, 7) is 4.51. The molecule has 1 N–H and O–H groups in total. The van der Waals surface area contributed by atoms with Gasteiger partial charge in [0.2, 0.25) is 0 Å². The first-order valence-corrected chi connectivity index (χ1v) is 6.29. The van der Waals surface area contributed by atoms with Crippen LogP contribution in [0.4, 0.5) is 0 Å². The lowest BCUT2D eigenvalue weighted by Crippen LogP contribution is -2.39. The normalized spacial score (nSPS) is 21.6. The standard InChI is InChI=1S/C13H20N2O3/c1-3-17-11-6-10(7-15-8-11)13(14-2)12-9-16-4-5-18-12/h6-8,12-14H,3-5,9H2,1-2H3. The highest BCUT2D eigenvalue weighted by Gasteiger charge is 2.25. The number of ether oxygens (including phenoxy) is 3. The van der Waals surface area contributed by atoms with Crippen LogP contribution in [0.5, 0.6) is 5.75 Å². The van der Waals surface area contributed by atoms with E-state index in [4.69, 9.17) is 14.2 Å². The molecule has 0 radical (unpaired) electrons. The molecule has 5 nitrogen and oxygen atoms in total. The number of pyridine rings is 1. The smallest absolute Gasteiger partial charge is 0.137 e. The van der Waals surface area contributed by atoms with Gasteiger partial charge in [-0.3, -0.25) is 4.98 Å². The minimum absolute atomic E-state index is 0.0161. The van der Waals surface area contributed by atoms with E-state index < -0.39 is 0 Å². The molecule has 2 unspecified atom stereocenters. The lowest BCUT2D eigenvalue weighted by Gasteiger charge is -2.30. The predicted octanol–water partition coefficient (Wildman–Crippen LogP) is 1.16. The van der Waals surface area contributed by atoms with Crippen molar-refractivity contribution in [1.82, 2.24) is 10.3 Å². The van der Waals surface area contributed by atoms with Crippen LogP contribution in [0.1, 0.15) is 18.5 Å². The molecule has 1 saturated heterocycles. The number of nitrogens with one attached hydrogen (secondary N) is 1. The summed E-state index contributed by atoms with van der Waals surface area (Å²) >= 11 is 0. The Balaban J connectivity index is 2.12. The van der Waals surface area contributed by atoms with Gasteiger partial charge in [0.25, 0.3) is 0 Å². The first-order valence-electron chi connectivity index (χ1n) is 6.29. The summed E-state index contributed by atoms with van der Waals surface area (Å²) in [5.74, 6) is 0.784. The predicted molar refractivity (Wildman–Crippen MR) is 67.8 cm³/mol. The van der Waals surface area contributed by atoms with Crippen LogP contribution in [-0.4, -0.2) is 44.6 Å². The average Bonchev–Trinajstić information content (AvgIpc) is 2.42. The van der Waals surface area contributed by atoms with Gasteiger partial charge < -0.3 is 19.5 Å². The summed E-state index contributed by atoms with van der Waals surface area (Å²) < 4.78 is 16.6. The van der Waals surface area contributed by atoms with Crippen molar-refractivity contribution in [2.75, 3.05) is 33.5 Å². The van der Waals surface area contributed by atoms with E-state index in [1.807, 2.05) is 26.2 Å². The molecule has 0 spiro atoms. The van der Waals surface area contributed by atoms with Gasteiger partial charge in [0.1, 0.15) is 11.9 Å². The number of hydrogen-bond donors (Lipinski definition) is 1. The molecule has 0 amide bonds. The molecule has 0 aliphatic carbocycles. The fourth-order valence-electron chi connectivity index (χ4n) is 2.12. The van der Waals surface area contributed by atoms with E-state index >= 15 is 0 Å². The summed E-state index contributed by atoms with van der Waals surface area (Å²) in [6, 6.07) is 2.06. The van der Waals surface area contributed by atoms with E-state index in [9.17, 15) is 0 Å². The first kappa shape index (κ1) is 13.3. The third kappa shape index (κ3) is 3.19. The minimum atomic E-state index is 0.0161. The molecule has 1 aromatic heterocycles. The summed E-state index contributed by atoms with van der Waals surface area (Å²) in [4.78, 5) is 4.21. The van der Waals surface area contributed by atoms with Crippen LogP contribution in [0, 0.1) is 0 Å². The molecule has 0 bridgehead atoms. The maximum atomic E-state index is 5.73. The van der Waals surface area contributed by atoms with Crippen molar-refractivity contribution < 1.29 is 14.2 Å². The second-order valence-electron chi connectivity index (χ2n) is 4.14. The average molecular weight is 252 g/mol. The molecule has 1 fully saturated rings. The molecule has 1 aliphatic heterocycles. The van der Waals surface area contributed by atoms with Crippen molar-refractivity contribution in [2.24, 2.45) is 0 Å². The molecule has 5 heteroatoms. The van der Waals surface area contributed by atoms with Crippen molar-refractivity contribution >= 4 is 0 Å². The van der Waals surface area contributed by atoms with Gasteiger partial charge in [0.05, 0.1) is 38.7 Å². The fraction of sp³-hybridized carbons (Fsp3) is 0.615. The number of rotatable bonds is 5. The molecule has 1 aromatic rings. The van der Waals surface area contributed by atoms with Crippen molar-refractivity contribution in [3.63, 3.8) is 0 Å². The highest BCUT2D eigenvalue weighted by molar-refractivity contribution is 5.26. The van der Waals surface area contributed by atoms with Crippen molar-refractivity contribution in [3.05, 3.63) is 24.0 Å². The second-order valence-corrected chi connectivity index (χ2v) is 4.14. The van der Waals surface area contributed by atoms with Gasteiger partial charge in [-0.1, -0.05) is 0 Å². The zero-order valence-corrected chi connectivity index (χ0v) is 10.9. The van der Waals surface area contributed by atoms with Crippen LogP contribution >= 0.6 is 0 Å². The van der Waals surface area contributed by atoms with Crippen LogP contribution in [0.25, 0.3) is 0 Å². The zero-order valence-electron chi connectivity index (χ0n) is 10.9. The maximum Gasteiger partial charge on any atom is 0.137 e. The van der Waals surface area contributed by atoms with Crippen molar-refractivity contribution in [2.45, 2.75) is 19.1 Å². The summed E-state index contributed by atoms with van der Waals surface area (Å²) in [6.07, 6.45) is 3.57. The minimum Gasteiger partial charge on any atom is -0.492 e. The first-order chi connectivity index (χ1) is 8.85. The van der Waals surface area contributed by atoms with Gasteiger partial charge in [0.15, 0.2) is 0 Å². The summed E-state index contributed by atoms with van der Waals surface area (Å²) in [5, 5.41) is 3.26. The lowest BCUT2D eigenvalue weighted by atomic mass is 10.0. The lowest BCUT2D eigenvalue weighted by molar-refractivity contribution is -0.101. The number of hydrogen-bond acceptors (Lipinski definition) is 5. The Morgan fingerprint density at radius 1 is 1.50 bits per heavy atom. The third-order valence-corrected chi connectivity index (χ3v) is 2.93. The molecule has 2 atom stereocenters. The highest BCUT2D eigenvalue weighted by atomic mass is 16.6. The molecule has 18 heavy (non-hydrogen) atoms. The van der Waals surface area contributed by atoms with Gasteiger partial charge in [-0.15, -0.1) is 0 Å². The zero-order chi connectivity index (χ0) is 12.8. The van der Waals surface area contributed by atoms with Crippen LogP contribution < -0.4 is 10.1 Å². The molecular weight excluding hydrogens is 232 g/mol. The van der Waals surface area contributed by atoms with E-state index in [2.05, 4.69) is 10.3 Å². The largest absolute Gasteiger partial charge is 0.492 e. The van der Waals surface area contributed by atoms with Crippen LogP contribution in [0.2, 0.25) is 0 Å². The fourth-order valence-corrected chi connectivity index (χ4v) is 2.12. The molecule has 1 aliphatic rings. The van der Waals surface area contributed by atoms with Crippen LogP contribution in [0.3, 0.4) is 0 Å². The van der Waals surface area contributed by atoms with Crippen molar-refractivity contribution in [1.29, 1.82) is 0 Å². The maximum absolute atomic E-state index is 5.73. The monoisotopic (exact) mass is 252 g/mol. The van der Waals surface area contributed by atoms with Crippen LogP contribution in [-0.2, 0) is 9.47 Å². The summed E-state index contributed by atoms with van der Waals surface area (Å²) in [5.41, 5.74) is 1.05. The summed E-state index contributed by atoms with van der Waals surface area (Å²) in [7, 11) is 1.91. The third-order valence-electron chi connectivity index (χ3n) is 2.93. The topological polar surface area (TPSA) is 52.6 Å². The Bertz CT molecular complexity index is 367. The molecule has 2 rings (SSSR count). The SMILES string of the molecule is CCOc1cncc(C(NC)C2COCCO2)c1. The number of nitrogens with zero attached hydrogens (tertiary/aromatic N) is 1. The Labute approximate surface area is 107 Å². The number of likely N-dealkylation sites (N-methyl/N-ethyl adjacent to an activating group) is 1. The van der Waals surface area contributed by atoms with E-state index in [0.717, 1.165) is 11.3 Å².